The number of nitrogens with two attached hydrogens (primary N) is 1. The molecule has 1 unspecified atom stereocenters. The van der Waals surface area contributed by atoms with Gasteiger partial charge in [0.1, 0.15) is 10.6 Å². The van der Waals surface area contributed by atoms with Crippen molar-refractivity contribution in [3.05, 3.63) is 18.0 Å². The van der Waals surface area contributed by atoms with E-state index >= 15 is 0 Å². The highest BCUT2D eigenvalue weighted by atomic mass is 32.2. The molecule has 21 heavy (non-hydrogen) atoms. The van der Waals surface area contributed by atoms with E-state index in [1.54, 1.807) is 4.57 Å². The fourth-order valence-electron chi connectivity index (χ4n) is 1.89. The first-order chi connectivity index (χ1) is 9.79. The Morgan fingerprint density at radius 2 is 2.14 bits per heavy atom. The number of nitrogens with one attached hydrogen (secondary N) is 1. The second kappa shape index (κ2) is 7.58. The van der Waals surface area contributed by atoms with Gasteiger partial charge in [-0.2, -0.15) is 0 Å². The number of aryl methyl sites for hydroxylation is 1. The topological polar surface area (TPSA) is 103 Å². The molecule has 0 aliphatic rings. The maximum absolute atomic E-state index is 12.2. The van der Waals surface area contributed by atoms with Gasteiger partial charge in [-0.3, -0.25) is 4.79 Å². The summed E-state index contributed by atoms with van der Waals surface area (Å²) in [6.45, 7) is 7.15. The summed E-state index contributed by atoms with van der Waals surface area (Å²) in [6, 6.07) is 1.13. The zero-order valence-electron chi connectivity index (χ0n) is 12.6. The number of carbonyl (C=O) groups excluding carboxylic acids is 1. The fourth-order valence-corrected chi connectivity index (χ4v) is 2.44. The lowest BCUT2D eigenvalue weighted by Gasteiger charge is -2.14. The van der Waals surface area contributed by atoms with Gasteiger partial charge in [0.15, 0.2) is 0 Å². The second-order valence-electron chi connectivity index (χ2n) is 4.83. The normalized spacial score (nSPS) is 13.1. The summed E-state index contributed by atoms with van der Waals surface area (Å²) in [5.41, 5.74) is 0.282. The van der Waals surface area contributed by atoms with Crippen LogP contribution in [0, 0.1) is 0 Å². The highest BCUT2D eigenvalue weighted by Crippen LogP contribution is 2.14. The average molecular weight is 317 g/mol. The summed E-state index contributed by atoms with van der Waals surface area (Å²) in [4.78, 5) is 12.2. The number of primary sulfonamides is 1. The first-order valence-corrected chi connectivity index (χ1v) is 8.45. The molecule has 0 bridgehead atoms. The van der Waals surface area contributed by atoms with E-state index in [0.717, 1.165) is 6.42 Å². The number of nitrogens with zero attached hydrogens (tertiary/aromatic N) is 1. The second-order valence-corrected chi connectivity index (χ2v) is 6.39. The van der Waals surface area contributed by atoms with Crippen LogP contribution in [0.2, 0.25) is 0 Å². The first-order valence-electron chi connectivity index (χ1n) is 6.91. The summed E-state index contributed by atoms with van der Waals surface area (Å²) in [5, 5.41) is 7.88. The van der Waals surface area contributed by atoms with Gasteiger partial charge >= 0.3 is 0 Å². The summed E-state index contributed by atoms with van der Waals surface area (Å²) < 4.78 is 29.6. The number of sulfonamides is 1. The van der Waals surface area contributed by atoms with Crippen LogP contribution in [0.1, 0.15) is 37.7 Å². The fraction of sp³-hybridized carbons (Fsp3) is 0.615. The largest absolute Gasteiger partial charge is 0.380 e. The van der Waals surface area contributed by atoms with Gasteiger partial charge in [0.25, 0.3) is 5.91 Å². The third-order valence-corrected chi connectivity index (χ3v) is 3.73. The Bertz CT molecular complexity index is 580. The lowest BCUT2D eigenvalue weighted by Crippen LogP contribution is -2.36. The van der Waals surface area contributed by atoms with E-state index in [1.165, 1.54) is 12.3 Å². The Labute approximate surface area is 125 Å². The van der Waals surface area contributed by atoms with Crippen LogP contribution in [0.3, 0.4) is 0 Å². The minimum absolute atomic E-state index is 0.0569. The van der Waals surface area contributed by atoms with Crippen molar-refractivity contribution in [2.24, 2.45) is 5.14 Å². The highest BCUT2D eigenvalue weighted by Gasteiger charge is 2.19. The zero-order valence-corrected chi connectivity index (χ0v) is 13.4. The molecule has 1 aromatic heterocycles. The monoisotopic (exact) mass is 317 g/mol. The molecular formula is C13H23N3O4S. The average Bonchev–Trinajstić information content (AvgIpc) is 2.81. The Balaban J connectivity index is 2.94. The molecule has 3 N–H and O–H groups in total. The van der Waals surface area contributed by atoms with E-state index in [0.29, 0.717) is 19.8 Å². The predicted octanol–water partition coefficient (Wildman–Crippen LogP) is 0.700. The third kappa shape index (κ3) is 5.14. The van der Waals surface area contributed by atoms with E-state index in [2.05, 4.69) is 5.32 Å². The van der Waals surface area contributed by atoms with Crippen LogP contribution in [-0.2, 0) is 21.3 Å². The molecule has 1 heterocycles. The minimum Gasteiger partial charge on any atom is -0.380 e. The van der Waals surface area contributed by atoms with Crippen LogP contribution < -0.4 is 10.5 Å². The van der Waals surface area contributed by atoms with Crippen LogP contribution in [0.25, 0.3) is 0 Å². The summed E-state index contributed by atoms with van der Waals surface area (Å²) in [5.74, 6) is -0.342. The number of carbonyl (C=O) groups is 1. The third-order valence-electron chi connectivity index (χ3n) is 2.85. The van der Waals surface area contributed by atoms with Crippen molar-refractivity contribution in [2.45, 2.75) is 44.7 Å². The zero-order chi connectivity index (χ0) is 16.0. The molecule has 0 aliphatic carbocycles. The molecule has 0 saturated heterocycles. The molecule has 0 saturated carbocycles. The summed E-state index contributed by atoms with van der Waals surface area (Å²) >= 11 is 0. The van der Waals surface area contributed by atoms with Gasteiger partial charge in [-0.1, -0.05) is 6.92 Å². The van der Waals surface area contributed by atoms with Crippen molar-refractivity contribution in [1.29, 1.82) is 0 Å². The lowest BCUT2D eigenvalue weighted by atomic mass is 10.3. The van der Waals surface area contributed by atoms with Gasteiger partial charge in [0.05, 0.1) is 6.61 Å². The van der Waals surface area contributed by atoms with E-state index in [9.17, 15) is 13.2 Å². The van der Waals surface area contributed by atoms with Gasteiger partial charge < -0.3 is 14.6 Å². The van der Waals surface area contributed by atoms with E-state index in [4.69, 9.17) is 9.88 Å². The molecule has 1 rings (SSSR count). The van der Waals surface area contributed by atoms with Gasteiger partial charge in [-0.05, 0) is 26.3 Å². The maximum atomic E-state index is 12.2. The lowest BCUT2D eigenvalue weighted by molar-refractivity contribution is 0.0863. The van der Waals surface area contributed by atoms with Gasteiger partial charge in [-0.25, -0.2) is 13.6 Å². The van der Waals surface area contributed by atoms with Crippen molar-refractivity contribution in [1.82, 2.24) is 9.88 Å². The van der Waals surface area contributed by atoms with Crippen LogP contribution in [0.15, 0.2) is 17.2 Å². The van der Waals surface area contributed by atoms with Crippen molar-refractivity contribution in [3.8, 4) is 0 Å². The van der Waals surface area contributed by atoms with Crippen LogP contribution in [-0.4, -0.2) is 38.1 Å². The van der Waals surface area contributed by atoms with Crippen molar-refractivity contribution >= 4 is 15.9 Å². The van der Waals surface area contributed by atoms with Crippen LogP contribution >= 0.6 is 0 Å². The summed E-state index contributed by atoms with van der Waals surface area (Å²) in [7, 11) is -3.82. The Hall–Kier alpha value is -1.38. The molecule has 0 spiro atoms. The van der Waals surface area contributed by atoms with E-state index in [1.807, 2.05) is 20.8 Å². The van der Waals surface area contributed by atoms with Crippen LogP contribution in [0.4, 0.5) is 0 Å². The Morgan fingerprint density at radius 1 is 1.48 bits per heavy atom. The van der Waals surface area contributed by atoms with Crippen LogP contribution in [0.5, 0.6) is 0 Å². The molecule has 1 aromatic rings. The number of rotatable bonds is 8. The standard InChI is InChI=1S/C13H23N3O4S/c1-4-6-16-8-11(21(14,18)19)7-12(16)13(17)15-10(3)9-20-5-2/h7-8,10H,4-6,9H2,1-3H3,(H,15,17)(H2,14,18,19). The molecule has 0 fully saturated rings. The molecular weight excluding hydrogens is 294 g/mol. The molecule has 0 aliphatic heterocycles. The smallest absolute Gasteiger partial charge is 0.268 e. The predicted molar refractivity (Wildman–Crippen MR) is 79.5 cm³/mol. The molecule has 120 valence electrons. The van der Waals surface area contributed by atoms with Crippen molar-refractivity contribution in [2.75, 3.05) is 13.2 Å². The molecule has 1 amide bonds. The number of hydrogen-bond donors (Lipinski definition) is 2. The van der Waals surface area contributed by atoms with Gasteiger partial charge in [0, 0.05) is 25.4 Å². The Kier molecular flexibility index (Phi) is 6.38. The Morgan fingerprint density at radius 3 is 2.67 bits per heavy atom. The molecule has 0 radical (unpaired) electrons. The number of amides is 1. The molecule has 7 nitrogen and oxygen atoms in total. The highest BCUT2D eigenvalue weighted by molar-refractivity contribution is 7.89. The quantitative estimate of drug-likeness (QED) is 0.736. The molecule has 0 aromatic carbocycles. The number of aromatic nitrogens is 1. The minimum atomic E-state index is -3.82. The van der Waals surface area contributed by atoms with Crippen molar-refractivity contribution in [3.63, 3.8) is 0 Å². The number of hydrogen-bond acceptors (Lipinski definition) is 4. The SMILES string of the molecule is CCCn1cc(S(N)(=O)=O)cc1C(=O)NC(C)COCC. The number of ether oxygens (including phenoxy) is 1. The van der Waals surface area contributed by atoms with E-state index < -0.39 is 10.0 Å². The molecule has 8 heteroatoms. The van der Waals surface area contributed by atoms with Gasteiger partial charge in [0.2, 0.25) is 10.0 Å². The maximum Gasteiger partial charge on any atom is 0.268 e. The van der Waals surface area contributed by atoms with Gasteiger partial charge in [-0.15, -0.1) is 0 Å². The van der Waals surface area contributed by atoms with E-state index in [-0.39, 0.29) is 22.5 Å². The summed E-state index contributed by atoms with van der Waals surface area (Å²) in [6.07, 6.45) is 2.16. The molecule has 1 atom stereocenters. The van der Waals surface area contributed by atoms with Crippen molar-refractivity contribution < 1.29 is 17.9 Å². The first kappa shape index (κ1) is 17.7.